The van der Waals surface area contributed by atoms with E-state index in [1.54, 1.807) is 4.90 Å². The summed E-state index contributed by atoms with van der Waals surface area (Å²) < 4.78 is 5.16. The van der Waals surface area contributed by atoms with Gasteiger partial charge in [0, 0.05) is 12.6 Å². The first-order valence-corrected chi connectivity index (χ1v) is 10.9. The topological polar surface area (TPSA) is 29.5 Å². The molecular weight excluding hydrogens is 310 g/mol. The maximum absolute atomic E-state index is 11.5. The number of rotatable bonds is 17. The van der Waals surface area contributed by atoms with Crippen LogP contribution in [-0.4, -0.2) is 24.1 Å². The first-order valence-electron chi connectivity index (χ1n) is 10.9. The SMILES string of the molecule is CCCCCCCCCCCCCCCCCCN1COC=CC1=O. The Hall–Kier alpha value is -0.990. The molecule has 1 amide bonds. The van der Waals surface area contributed by atoms with Crippen LogP contribution in [0.5, 0.6) is 0 Å². The van der Waals surface area contributed by atoms with Crippen LogP contribution in [0.3, 0.4) is 0 Å². The summed E-state index contributed by atoms with van der Waals surface area (Å²) in [6.45, 7) is 3.54. The first-order chi connectivity index (χ1) is 12.3. The van der Waals surface area contributed by atoms with Gasteiger partial charge in [-0.2, -0.15) is 0 Å². The number of unbranched alkanes of at least 4 members (excludes halogenated alkanes) is 15. The zero-order valence-electron chi connectivity index (χ0n) is 16.6. The average Bonchev–Trinajstić information content (AvgIpc) is 2.63. The molecule has 0 aromatic rings. The number of ether oxygens (including phenoxy) is 1. The molecule has 0 N–H and O–H groups in total. The second kappa shape index (κ2) is 16.5. The lowest BCUT2D eigenvalue weighted by Crippen LogP contribution is -2.34. The van der Waals surface area contributed by atoms with Crippen molar-refractivity contribution in [2.45, 2.75) is 110 Å². The molecule has 0 spiro atoms. The van der Waals surface area contributed by atoms with E-state index in [4.69, 9.17) is 4.74 Å². The Morgan fingerprint density at radius 3 is 1.64 bits per heavy atom. The van der Waals surface area contributed by atoms with E-state index in [1.807, 2.05) is 0 Å². The predicted octanol–water partition coefficient (Wildman–Crippen LogP) is 6.58. The highest BCUT2D eigenvalue weighted by Crippen LogP contribution is 2.14. The van der Waals surface area contributed by atoms with Crippen LogP contribution < -0.4 is 0 Å². The van der Waals surface area contributed by atoms with Crippen LogP contribution in [0.2, 0.25) is 0 Å². The number of hydrogen-bond acceptors (Lipinski definition) is 2. The van der Waals surface area contributed by atoms with Gasteiger partial charge in [0.1, 0.15) is 0 Å². The van der Waals surface area contributed by atoms with E-state index in [0.717, 1.165) is 13.0 Å². The predicted molar refractivity (Wildman–Crippen MR) is 106 cm³/mol. The first kappa shape index (κ1) is 22.1. The van der Waals surface area contributed by atoms with Crippen molar-refractivity contribution in [3.05, 3.63) is 12.3 Å². The quantitative estimate of drug-likeness (QED) is 0.277. The van der Waals surface area contributed by atoms with Crippen LogP contribution in [0.15, 0.2) is 12.3 Å². The third-order valence-electron chi connectivity index (χ3n) is 5.13. The second-order valence-electron chi connectivity index (χ2n) is 7.50. The summed E-state index contributed by atoms with van der Waals surface area (Å²) in [6.07, 6.45) is 25.1. The van der Waals surface area contributed by atoms with Gasteiger partial charge in [-0.25, -0.2) is 0 Å². The minimum atomic E-state index is 0.0900. The van der Waals surface area contributed by atoms with Crippen molar-refractivity contribution in [2.24, 2.45) is 0 Å². The summed E-state index contributed by atoms with van der Waals surface area (Å²) in [5.74, 6) is 0.0900. The summed E-state index contributed by atoms with van der Waals surface area (Å²) in [7, 11) is 0. The number of nitrogens with zero attached hydrogens (tertiary/aromatic N) is 1. The molecule has 0 radical (unpaired) electrons. The molecule has 3 nitrogen and oxygen atoms in total. The molecule has 0 aromatic heterocycles. The summed E-state index contributed by atoms with van der Waals surface area (Å²) >= 11 is 0. The molecule has 1 aliphatic heterocycles. The standard InChI is InChI=1S/C22H41NO2/c1-2-3-4-5-6-7-8-9-10-11-12-13-14-15-16-17-19-23-21-25-20-18-22(23)24/h18,20H,2-17,19,21H2,1H3. The maximum atomic E-state index is 11.5. The Balaban J connectivity index is 1.72. The lowest BCUT2D eigenvalue weighted by molar-refractivity contribution is -0.132. The van der Waals surface area contributed by atoms with E-state index in [9.17, 15) is 4.79 Å². The van der Waals surface area contributed by atoms with E-state index in [1.165, 1.54) is 109 Å². The fourth-order valence-electron chi connectivity index (χ4n) is 3.43. The lowest BCUT2D eigenvalue weighted by Gasteiger charge is -2.23. The smallest absolute Gasteiger partial charge is 0.252 e. The molecule has 1 heterocycles. The second-order valence-corrected chi connectivity index (χ2v) is 7.50. The number of hydrogen-bond donors (Lipinski definition) is 0. The van der Waals surface area contributed by atoms with Crippen molar-refractivity contribution in [1.82, 2.24) is 4.90 Å². The molecule has 0 atom stereocenters. The van der Waals surface area contributed by atoms with Crippen LogP contribution in [0.25, 0.3) is 0 Å². The van der Waals surface area contributed by atoms with Gasteiger partial charge in [-0.15, -0.1) is 0 Å². The number of amides is 1. The molecule has 0 bridgehead atoms. The zero-order chi connectivity index (χ0) is 18.0. The third-order valence-corrected chi connectivity index (χ3v) is 5.13. The Kier molecular flexibility index (Phi) is 14.5. The summed E-state index contributed by atoms with van der Waals surface area (Å²) in [4.78, 5) is 13.3. The number of carbonyl (C=O) groups excluding carboxylic acids is 1. The van der Waals surface area contributed by atoms with Crippen molar-refractivity contribution in [2.75, 3.05) is 13.3 Å². The van der Waals surface area contributed by atoms with Crippen molar-refractivity contribution in [1.29, 1.82) is 0 Å². The lowest BCUT2D eigenvalue weighted by atomic mass is 10.0. The van der Waals surface area contributed by atoms with E-state index in [-0.39, 0.29) is 5.91 Å². The van der Waals surface area contributed by atoms with Crippen molar-refractivity contribution in [3.8, 4) is 0 Å². The van der Waals surface area contributed by atoms with Gasteiger partial charge in [0.2, 0.25) is 0 Å². The Labute approximate surface area is 156 Å². The summed E-state index contributed by atoms with van der Waals surface area (Å²) in [5, 5.41) is 0. The summed E-state index contributed by atoms with van der Waals surface area (Å²) in [5.41, 5.74) is 0. The molecule has 1 rings (SSSR count). The minimum Gasteiger partial charge on any atom is -0.480 e. The van der Waals surface area contributed by atoms with Crippen LogP contribution in [0.1, 0.15) is 110 Å². The maximum Gasteiger partial charge on any atom is 0.252 e. The van der Waals surface area contributed by atoms with E-state index < -0.39 is 0 Å². The van der Waals surface area contributed by atoms with Crippen molar-refractivity contribution in [3.63, 3.8) is 0 Å². The Morgan fingerprint density at radius 2 is 1.20 bits per heavy atom. The number of carbonyl (C=O) groups is 1. The van der Waals surface area contributed by atoms with Gasteiger partial charge in [-0.05, 0) is 6.42 Å². The molecule has 1 aliphatic rings. The molecule has 3 heteroatoms. The van der Waals surface area contributed by atoms with Gasteiger partial charge in [-0.3, -0.25) is 4.79 Å². The minimum absolute atomic E-state index is 0.0900. The highest BCUT2D eigenvalue weighted by Gasteiger charge is 2.13. The van der Waals surface area contributed by atoms with E-state index in [2.05, 4.69) is 6.92 Å². The van der Waals surface area contributed by atoms with Crippen molar-refractivity contribution >= 4 is 5.91 Å². The molecule has 146 valence electrons. The van der Waals surface area contributed by atoms with Crippen LogP contribution >= 0.6 is 0 Å². The van der Waals surface area contributed by atoms with Gasteiger partial charge in [0.15, 0.2) is 6.73 Å². The van der Waals surface area contributed by atoms with Crippen LogP contribution in [0.4, 0.5) is 0 Å². The zero-order valence-corrected chi connectivity index (χ0v) is 16.6. The summed E-state index contributed by atoms with van der Waals surface area (Å²) in [6, 6.07) is 0. The molecule has 25 heavy (non-hydrogen) atoms. The molecule has 0 saturated heterocycles. The fourth-order valence-corrected chi connectivity index (χ4v) is 3.43. The molecule has 0 aliphatic carbocycles. The van der Waals surface area contributed by atoms with Crippen LogP contribution in [0, 0.1) is 0 Å². The van der Waals surface area contributed by atoms with Gasteiger partial charge < -0.3 is 9.64 Å². The largest absolute Gasteiger partial charge is 0.480 e. The highest BCUT2D eigenvalue weighted by atomic mass is 16.5. The van der Waals surface area contributed by atoms with Gasteiger partial charge in [-0.1, -0.05) is 103 Å². The van der Waals surface area contributed by atoms with E-state index in [0.29, 0.717) is 6.73 Å². The van der Waals surface area contributed by atoms with Gasteiger partial charge in [0.05, 0.1) is 6.26 Å². The fraction of sp³-hybridized carbons (Fsp3) is 0.864. The van der Waals surface area contributed by atoms with Crippen LogP contribution in [-0.2, 0) is 9.53 Å². The normalized spacial score (nSPS) is 14.1. The monoisotopic (exact) mass is 351 g/mol. The molecule has 0 unspecified atom stereocenters. The molecule has 0 saturated carbocycles. The third kappa shape index (κ3) is 12.9. The van der Waals surface area contributed by atoms with Gasteiger partial charge >= 0.3 is 0 Å². The average molecular weight is 352 g/mol. The Morgan fingerprint density at radius 1 is 0.760 bits per heavy atom. The Bertz CT molecular complexity index is 341. The van der Waals surface area contributed by atoms with Crippen molar-refractivity contribution < 1.29 is 9.53 Å². The van der Waals surface area contributed by atoms with E-state index >= 15 is 0 Å². The van der Waals surface area contributed by atoms with Gasteiger partial charge in [0.25, 0.3) is 5.91 Å². The highest BCUT2D eigenvalue weighted by molar-refractivity contribution is 5.87. The molecule has 0 aromatic carbocycles. The molecular formula is C22H41NO2. The molecule has 0 fully saturated rings.